The molecule has 0 aromatic carbocycles. The third-order valence-electron chi connectivity index (χ3n) is 5.01. The molecular weight excluding hydrogens is 336 g/mol. The number of fused-ring (bicyclic) bond motifs is 1. The van der Waals surface area contributed by atoms with E-state index in [0.29, 0.717) is 13.0 Å². The molecule has 0 spiro atoms. The summed E-state index contributed by atoms with van der Waals surface area (Å²) in [6.07, 6.45) is 1.47. The Hall–Kier alpha value is -1.79. The lowest BCUT2D eigenvalue weighted by Gasteiger charge is -2.25. The van der Waals surface area contributed by atoms with Crippen molar-refractivity contribution in [3.8, 4) is 0 Å². The molecule has 0 bridgehead atoms. The van der Waals surface area contributed by atoms with Crippen molar-refractivity contribution in [2.24, 2.45) is 22.9 Å². The van der Waals surface area contributed by atoms with Gasteiger partial charge in [0, 0.05) is 12.0 Å². The Bertz CT molecular complexity index is 551. The largest absolute Gasteiger partial charge is 0.466 e. The van der Waals surface area contributed by atoms with Crippen molar-refractivity contribution in [1.82, 2.24) is 5.32 Å². The molecule has 0 aromatic heterocycles. The van der Waals surface area contributed by atoms with Crippen molar-refractivity contribution in [2.45, 2.75) is 78.6 Å². The number of rotatable bonds is 6. The Kier molecular flexibility index (Phi) is 6.53. The maximum Gasteiger partial charge on any atom is 0.407 e. The number of esters is 1. The maximum absolute atomic E-state index is 12.4. The summed E-state index contributed by atoms with van der Waals surface area (Å²) in [7, 11) is 0. The van der Waals surface area contributed by atoms with Crippen LogP contribution in [0.2, 0.25) is 0 Å². The SMILES string of the molecule is CCOC(=O)C1CC(NC(=O)OC(C)(C)C)C2C(C(CC)CC)=NOC12. The van der Waals surface area contributed by atoms with Crippen LogP contribution >= 0.6 is 0 Å². The summed E-state index contributed by atoms with van der Waals surface area (Å²) in [6, 6.07) is -0.258. The second-order valence-electron chi connectivity index (χ2n) is 7.97. The molecule has 0 aromatic rings. The molecule has 1 N–H and O–H groups in total. The Morgan fingerprint density at radius 3 is 2.46 bits per heavy atom. The second kappa shape index (κ2) is 8.27. The van der Waals surface area contributed by atoms with Crippen LogP contribution < -0.4 is 5.32 Å². The molecule has 1 aliphatic carbocycles. The summed E-state index contributed by atoms with van der Waals surface area (Å²) in [6.45, 7) is 11.8. The van der Waals surface area contributed by atoms with Crippen LogP contribution in [0.25, 0.3) is 0 Å². The number of carbonyl (C=O) groups excluding carboxylic acids is 2. The maximum atomic E-state index is 12.4. The molecule has 7 nitrogen and oxygen atoms in total. The lowest BCUT2D eigenvalue weighted by atomic mass is 9.84. The number of nitrogens with one attached hydrogen (secondary N) is 1. The Morgan fingerprint density at radius 2 is 1.92 bits per heavy atom. The van der Waals surface area contributed by atoms with Gasteiger partial charge in [-0.2, -0.15) is 0 Å². The van der Waals surface area contributed by atoms with E-state index in [9.17, 15) is 9.59 Å². The minimum Gasteiger partial charge on any atom is -0.466 e. The summed E-state index contributed by atoms with van der Waals surface area (Å²) >= 11 is 0. The molecule has 0 saturated heterocycles. The first-order valence-corrected chi connectivity index (χ1v) is 9.61. The van der Waals surface area contributed by atoms with Gasteiger partial charge in [0.1, 0.15) is 5.60 Å². The van der Waals surface area contributed by atoms with E-state index < -0.39 is 17.6 Å². The first kappa shape index (κ1) is 20.5. The minimum atomic E-state index is -0.582. The first-order chi connectivity index (χ1) is 12.2. The van der Waals surface area contributed by atoms with Crippen LogP contribution in [0.1, 0.15) is 60.8 Å². The fraction of sp³-hybridized carbons (Fsp3) is 0.842. The molecule has 7 heteroatoms. The molecule has 148 valence electrons. The van der Waals surface area contributed by atoms with Crippen molar-refractivity contribution in [3.63, 3.8) is 0 Å². The number of ether oxygens (including phenoxy) is 2. The van der Waals surface area contributed by atoms with Crippen molar-refractivity contribution in [1.29, 1.82) is 0 Å². The number of hydrogen-bond acceptors (Lipinski definition) is 6. The number of hydrogen-bond donors (Lipinski definition) is 1. The normalized spacial score (nSPS) is 27.6. The van der Waals surface area contributed by atoms with Gasteiger partial charge in [0.05, 0.1) is 24.2 Å². The van der Waals surface area contributed by atoms with Crippen molar-refractivity contribution in [3.05, 3.63) is 0 Å². The zero-order valence-corrected chi connectivity index (χ0v) is 16.7. The van der Waals surface area contributed by atoms with Crippen LogP contribution in [-0.4, -0.2) is 42.1 Å². The molecule has 4 atom stereocenters. The van der Waals surface area contributed by atoms with Gasteiger partial charge in [0.25, 0.3) is 0 Å². The van der Waals surface area contributed by atoms with Gasteiger partial charge in [-0.1, -0.05) is 19.0 Å². The molecule has 2 rings (SSSR count). The first-order valence-electron chi connectivity index (χ1n) is 9.61. The van der Waals surface area contributed by atoms with Crippen LogP contribution in [-0.2, 0) is 19.1 Å². The van der Waals surface area contributed by atoms with E-state index in [2.05, 4.69) is 24.3 Å². The van der Waals surface area contributed by atoms with E-state index >= 15 is 0 Å². The van der Waals surface area contributed by atoms with Crippen LogP contribution in [0.3, 0.4) is 0 Å². The fourth-order valence-corrected chi connectivity index (χ4v) is 3.87. The van der Waals surface area contributed by atoms with Gasteiger partial charge in [-0.05, 0) is 47.0 Å². The minimum absolute atomic E-state index is 0.123. The van der Waals surface area contributed by atoms with Gasteiger partial charge in [-0.15, -0.1) is 0 Å². The lowest BCUT2D eigenvalue weighted by Crippen LogP contribution is -2.45. The molecule has 1 amide bonds. The third kappa shape index (κ3) is 4.48. The third-order valence-corrected chi connectivity index (χ3v) is 5.01. The molecule has 1 aliphatic heterocycles. The summed E-state index contributed by atoms with van der Waals surface area (Å²) in [4.78, 5) is 30.3. The molecule has 26 heavy (non-hydrogen) atoms. The van der Waals surface area contributed by atoms with E-state index in [4.69, 9.17) is 14.3 Å². The molecular formula is C19H32N2O5. The zero-order valence-electron chi connectivity index (χ0n) is 16.7. The van der Waals surface area contributed by atoms with E-state index in [1.807, 2.05) is 20.8 Å². The monoisotopic (exact) mass is 368 g/mol. The standard InChI is InChI=1S/C19H32N2O5/c1-7-11(8-2)15-14-13(20-18(23)25-19(4,5)6)10-12(16(14)26-21-15)17(22)24-9-3/h11-14,16H,7-10H2,1-6H3,(H,20,23). The Balaban J connectivity index is 2.20. The van der Waals surface area contributed by atoms with Crippen LogP contribution in [0.4, 0.5) is 4.79 Å². The fourth-order valence-electron chi connectivity index (χ4n) is 3.87. The highest BCUT2D eigenvalue weighted by Gasteiger charge is 2.55. The highest BCUT2D eigenvalue weighted by atomic mass is 16.6. The highest BCUT2D eigenvalue weighted by molar-refractivity contribution is 5.93. The molecule has 4 unspecified atom stereocenters. The van der Waals surface area contributed by atoms with Gasteiger partial charge in [0.15, 0.2) is 6.10 Å². The molecule has 1 heterocycles. The van der Waals surface area contributed by atoms with E-state index in [0.717, 1.165) is 18.6 Å². The summed E-state index contributed by atoms with van der Waals surface area (Å²) in [5, 5.41) is 7.24. The smallest absolute Gasteiger partial charge is 0.407 e. The van der Waals surface area contributed by atoms with Gasteiger partial charge < -0.3 is 19.6 Å². The lowest BCUT2D eigenvalue weighted by molar-refractivity contribution is -0.152. The summed E-state index contributed by atoms with van der Waals surface area (Å²) < 4.78 is 10.6. The molecule has 1 fully saturated rings. The second-order valence-corrected chi connectivity index (χ2v) is 7.97. The van der Waals surface area contributed by atoms with Crippen molar-refractivity contribution < 1.29 is 23.9 Å². The van der Waals surface area contributed by atoms with E-state index in [1.165, 1.54) is 0 Å². The van der Waals surface area contributed by atoms with Gasteiger partial charge in [-0.3, -0.25) is 4.79 Å². The predicted octanol–water partition coefficient (Wildman–Crippen LogP) is 3.27. The highest BCUT2D eigenvalue weighted by Crippen LogP contribution is 2.42. The number of amides is 1. The topological polar surface area (TPSA) is 86.2 Å². The zero-order chi connectivity index (χ0) is 19.5. The summed E-state index contributed by atoms with van der Waals surface area (Å²) in [5.41, 5.74) is 0.356. The Labute approximate surface area is 155 Å². The Morgan fingerprint density at radius 1 is 1.27 bits per heavy atom. The predicted molar refractivity (Wildman–Crippen MR) is 97.8 cm³/mol. The van der Waals surface area contributed by atoms with Crippen molar-refractivity contribution in [2.75, 3.05) is 6.61 Å². The number of alkyl carbamates (subject to hydrolysis) is 1. The average Bonchev–Trinajstić information content (AvgIpc) is 3.09. The van der Waals surface area contributed by atoms with Gasteiger partial charge in [0.2, 0.25) is 0 Å². The van der Waals surface area contributed by atoms with Crippen molar-refractivity contribution >= 4 is 17.8 Å². The molecule has 2 aliphatic rings. The molecule has 0 radical (unpaired) electrons. The van der Waals surface area contributed by atoms with Crippen LogP contribution in [0, 0.1) is 17.8 Å². The quantitative estimate of drug-likeness (QED) is 0.727. The van der Waals surface area contributed by atoms with E-state index in [-0.39, 0.29) is 30.0 Å². The van der Waals surface area contributed by atoms with Crippen LogP contribution in [0.15, 0.2) is 5.16 Å². The van der Waals surface area contributed by atoms with Gasteiger partial charge in [-0.25, -0.2) is 4.79 Å². The number of carbonyl (C=O) groups is 2. The summed E-state index contributed by atoms with van der Waals surface area (Å²) in [5.74, 6) is -0.580. The average molecular weight is 368 g/mol. The number of oxime groups is 1. The van der Waals surface area contributed by atoms with Crippen LogP contribution in [0.5, 0.6) is 0 Å². The van der Waals surface area contributed by atoms with Gasteiger partial charge >= 0.3 is 12.1 Å². The van der Waals surface area contributed by atoms with E-state index in [1.54, 1.807) is 6.92 Å². The number of nitrogens with zero attached hydrogens (tertiary/aromatic N) is 1. The molecule has 1 saturated carbocycles.